The molecule has 0 saturated heterocycles. The molecule has 74 valence electrons. The molecule has 0 bridgehead atoms. The summed E-state index contributed by atoms with van der Waals surface area (Å²) in [5.41, 5.74) is 0.276. The Balaban J connectivity index is 4.04. The maximum absolute atomic E-state index is 3.71. The lowest BCUT2D eigenvalue weighted by atomic mass is 10.0. The Morgan fingerprint density at radius 3 is 2.00 bits per heavy atom. The summed E-state index contributed by atoms with van der Waals surface area (Å²) in [6.07, 6.45) is 1.18. The Labute approximate surface area is 78.3 Å². The van der Waals surface area contributed by atoms with Gasteiger partial charge in [-0.25, -0.2) is 0 Å². The minimum Gasteiger partial charge on any atom is -0.326 e. The largest absolute Gasteiger partial charge is 0.326 e. The smallest absolute Gasteiger partial charge is 0.195 e. The highest BCUT2D eigenvalue weighted by molar-refractivity contribution is 6.72. The topological polar surface area (TPSA) is 24.1 Å². The normalized spacial score (nSPS) is 13.5. The molecule has 0 atom stereocenters. The van der Waals surface area contributed by atoms with Crippen molar-refractivity contribution in [2.75, 3.05) is 6.54 Å². The summed E-state index contributed by atoms with van der Waals surface area (Å²) in [5.74, 6) is 0. The van der Waals surface area contributed by atoms with Crippen molar-refractivity contribution in [2.24, 2.45) is 0 Å². The first-order chi connectivity index (χ1) is 5.33. The molecule has 0 aliphatic rings. The second-order valence-corrected chi connectivity index (χ2v) is 8.37. The predicted octanol–water partition coefficient (Wildman–Crippen LogP) is 2.08. The second kappa shape index (κ2) is 4.39. The van der Waals surface area contributed by atoms with Crippen LogP contribution in [0.4, 0.5) is 0 Å². The molecule has 0 radical (unpaired) electrons. The average molecular weight is 188 g/mol. The molecule has 0 aromatic carbocycles. The molecule has 0 saturated carbocycles. The monoisotopic (exact) mass is 188 g/mol. The highest BCUT2D eigenvalue weighted by Gasteiger charge is 2.27. The highest BCUT2D eigenvalue weighted by Crippen LogP contribution is 2.10. The van der Waals surface area contributed by atoms with Gasteiger partial charge >= 0.3 is 0 Å². The summed E-state index contributed by atoms with van der Waals surface area (Å²) in [7, 11) is -1.36. The molecule has 0 aromatic heterocycles. The van der Waals surface area contributed by atoms with Crippen molar-refractivity contribution in [1.29, 1.82) is 0 Å². The first kappa shape index (κ1) is 12.1. The highest BCUT2D eigenvalue weighted by atomic mass is 28.3. The number of nitrogens with one attached hydrogen (secondary N) is 2. The molecule has 0 unspecified atom stereocenters. The molecular weight excluding hydrogens is 164 g/mol. The quantitative estimate of drug-likeness (QED) is 0.646. The van der Waals surface area contributed by atoms with Crippen molar-refractivity contribution in [2.45, 2.75) is 52.7 Å². The van der Waals surface area contributed by atoms with E-state index < -0.39 is 8.40 Å². The van der Waals surface area contributed by atoms with Gasteiger partial charge in [-0.15, -0.1) is 0 Å². The SMILES string of the molecule is CCN[Si](C)(C)NC(C)(C)CC. The Kier molecular flexibility index (Phi) is 4.44. The molecule has 2 N–H and O–H groups in total. The van der Waals surface area contributed by atoms with Gasteiger partial charge in [-0.05, 0) is 39.9 Å². The molecule has 0 aliphatic heterocycles. The van der Waals surface area contributed by atoms with Crippen LogP contribution in [0.3, 0.4) is 0 Å². The van der Waals surface area contributed by atoms with Gasteiger partial charge in [0.15, 0.2) is 8.40 Å². The fourth-order valence-electron chi connectivity index (χ4n) is 1.42. The molecular formula is C9H24N2Si. The van der Waals surface area contributed by atoms with E-state index in [4.69, 9.17) is 0 Å². The van der Waals surface area contributed by atoms with E-state index in [0.717, 1.165) is 6.54 Å². The van der Waals surface area contributed by atoms with Crippen LogP contribution >= 0.6 is 0 Å². The molecule has 0 fully saturated rings. The van der Waals surface area contributed by atoms with Gasteiger partial charge in [0.2, 0.25) is 0 Å². The van der Waals surface area contributed by atoms with Gasteiger partial charge in [0.25, 0.3) is 0 Å². The summed E-state index contributed by atoms with van der Waals surface area (Å²) >= 11 is 0. The van der Waals surface area contributed by atoms with Crippen LogP contribution in [0.1, 0.15) is 34.1 Å². The van der Waals surface area contributed by atoms with Crippen molar-refractivity contribution in [3.63, 3.8) is 0 Å². The van der Waals surface area contributed by atoms with Gasteiger partial charge in [-0.1, -0.05) is 13.8 Å². The summed E-state index contributed by atoms with van der Waals surface area (Å²) < 4.78 is 0. The zero-order valence-electron chi connectivity index (χ0n) is 9.41. The van der Waals surface area contributed by atoms with E-state index in [1.807, 2.05) is 0 Å². The minimum atomic E-state index is -1.36. The standard InChI is InChI=1S/C9H24N2Si/c1-7-9(3,4)11-12(5,6)10-8-2/h10-11H,7-8H2,1-6H3. The van der Waals surface area contributed by atoms with E-state index in [2.05, 4.69) is 50.8 Å². The van der Waals surface area contributed by atoms with Gasteiger partial charge in [0, 0.05) is 5.54 Å². The Morgan fingerprint density at radius 2 is 1.67 bits per heavy atom. The Hall–Kier alpha value is 0.137. The summed E-state index contributed by atoms with van der Waals surface area (Å²) in [6.45, 7) is 14.6. The van der Waals surface area contributed by atoms with E-state index in [1.165, 1.54) is 6.42 Å². The van der Waals surface area contributed by atoms with Crippen molar-refractivity contribution < 1.29 is 0 Å². The van der Waals surface area contributed by atoms with Crippen LogP contribution in [0, 0.1) is 0 Å². The van der Waals surface area contributed by atoms with Gasteiger partial charge < -0.3 is 9.96 Å². The van der Waals surface area contributed by atoms with E-state index in [9.17, 15) is 0 Å². The zero-order valence-corrected chi connectivity index (χ0v) is 10.4. The van der Waals surface area contributed by atoms with Crippen LogP contribution in [0.5, 0.6) is 0 Å². The van der Waals surface area contributed by atoms with Gasteiger partial charge in [0.1, 0.15) is 0 Å². The van der Waals surface area contributed by atoms with Crippen LogP contribution in [-0.2, 0) is 0 Å². The van der Waals surface area contributed by atoms with Crippen LogP contribution in [-0.4, -0.2) is 20.5 Å². The van der Waals surface area contributed by atoms with Crippen LogP contribution in [0.2, 0.25) is 13.1 Å². The lowest BCUT2D eigenvalue weighted by Gasteiger charge is -2.35. The molecule has 0 aliphatic carbocycles. The first-order valence-corrected chi connectivity index (χ1v) is 7.87. The van der Waals surface area contributed by atoms with Crippen LogP contribution in [0.15, 0.2) is 0 Å². The molecule has 0 amide bonds. The third-order valence-corrected chi connectivity index (χ3v) is 4.69. The second-order valence-electron chi connectivity index (χ2n) is 4.52. The van der Waals surface area contributed by atoms with Crippen molar-refractivity contribution in [1.82, 2.24) is 9.96 Å². The zero-order chi connectivity index (χ0) is 9.83. The molecule has 0 heterocycles. The van der Waals surface area contributed by atoms with E-state index >= 15 is 0 Å². The number of rotatable bonds is 5. The van der Waals surface area contributed by atoms with Gasteiger partial charge in [-0.3, -0.25) is 0 Å². The summed E-state index contributed by atoms with van der Waals surface area (Å²) in [5, 5.41) is 0. The molecule has 0 aromatic rings. The minimum absolute atomic E-state index is 0.276. The van der Waals surface area contributed by atoms with Crippen LogP contribution < -0.4 is 9.96 Å². The van der Waals surface area contributed by atoms with E-state index in [1.54, 1.807) is 0 Å². The predicted molar refractivity (Wildman–Crippen MR) is 58.7 cm³/mol. The maximum Gasteiger partial charge on any atom is 0.195 e. The average Bonchev–Trinajstić information content (AvgIpc) is 1.85. The summed E-state index contributed by atoms with van der Waals surface area (Å²) in [4.78, 5) is 7.25. The number of hydrogen-bond acceptors (Lipinski definition) is 2. The van der Waals surface area contributed by atoms with Crippen LogP contribution in [0.25, 0.3) is 0 Å². The van der Waals surface area contributed by atoms with Crippen molar-refractivity contribution in [3.05, 3.63) is 0 Å². The number of hydrogen-bond donors (Lipinski definition) is 2. The lowest BCUT2D eigenvalue weighted by Crippen LogP contribution is -2.64. The Morgan fingerprint density at radius 1 is 1.17 bits per heavy atom. The fourth-order valence-corrected chi connectivity index (χ4v) is 4.26. The third-order valence-electron chi connectivity index (χ3n) is 2.15. The van der Waals surface area contributed by atoms with Gasteiger partial charge in [-0.2, -0.15) is 0 Å². The Bertz CT molecular complexity index is 132. The lowest BCUT2D eigenvalue weighted by molar-refractivity contribution is 0.442. The fraction of sp³-hybridized carbons (Fsp3) is 1.00. The maximum atomic E-state index is 3.71. The molecule has 0 rings (SSSR count). The molecule has 3 heteroatoms. The van der Waals surface area contributed by atoms with Gasteiger partial charge in [0.05, 0.1) is 0 Å². The summed E-state index contributed by atoms with van der Waals surface area (Å²) in [6, 6.07) is 0. The molecule has 0 spiro atoms. The first-order valence-electron chi connectivity index (χ1n) is 4.87. The van der Waals surface area contributed by atoms with Crippen molar-refractivity contribution in [3.8, 4) is 0 Å². The third kappa shape index (κ3) is 4.90. The molecule has 12 heavy (non-hydrogen) atoms. The van der Waals surface area contributed by atoms with E-state index in [-0.39, 0.29) is 5.54 Å². The molecule has 2 nitrogen and oxygen atoms in total. The van der Waals surface area contributed by atoms with Crippen molar-refractivity contribution >= 4 is 8.40 Å². The van der Waals surface area contributed by atoms with E-state index in [0.29, 0.717) is 0 Å².